The first-order valence-corrected chi connectivity index (χ1v) is 2.84. The van der Waals surface area contributed by atoms with Gasteiger partial charge in [0.25, 0.3) is 0 Å². The van der Waals surface area contributed by atoms with Crippen LogP contribution in [-0.4, -0.2) is 16.3 Å². The second-order valence-corrected chi connectivity index (χ2v) is 1.94. The monoisotopic (exact) mass is 157 g/mol. The maximum Gasteiger partial charge on any atom is 0.170 e. The lowest BCUT2D eigenvalue weighted by Gasteiger charge is -1.95. The Bertz CT molecular complexity index is 263. The van der Waals surface area contributed by atoms with Gasteiger partial charge >= 0.3 is 0 Å². The minimum atomic E-state index is 0.108. The van der Waals surface area contributed by atoms with E-state index in [4.69, 9.17) is 17.3 Å². The van der Waals surface area contributed by atoms with Crippen molar-refractivity contribution in [3.8, 4) is 0 Å². The molecule has 1 aromatic rings. The van der Waals surface area contributed by atoms with E-state index in [9.17, 15) is 4.79 Å². The summed E-state index contributed by atoms with van der Waals surface area (Å²) in [7, 11) is 0. The third-order valence-corrected chi connectivity index (χ3v) is 1.28. The number of nitrogens with two attached hydrogens (primary N) is 1. The van der Waals surface area contributed by atoms with Gasteiger partial charge in [0.15, 0.2) is 11.4 Å². The van der Waals surface area contributed by atoms with Crippen molar-refractivity contribution >= 4 is 23.6 Å². The average Bonchev–Trinajstić information content (AvgIpc) is 1.95. The van der Waals surface area contributed by atoms with Crippen molar-refractivity contribution in [1.82, 2.24) is 9.97 Å². The van der Waals surface area contributed by atoms with E-state index >= 15 is 0 Å². The molecule has 1 rings (SSSR count). The highest BCUT2D eigenvalue weighted by Gasteiger charge is 2.02. The highest BCUT2D eigenvalue weighted by Crippen LogP contribution is 2.15. The van der Waals surface area contributed by atoms with Crippen molar-refractivity contribution in [2.24, 2.45) is 0 Å². The number of carbonyl (C=O) groups is 1. The van der Waals surface area contributed by atoms with Gasteiger partial charge in [-0.2, -0.15) is 0 Å². The molecule has 1 aromatic heterocycles. The molecule has 0 amide bonds. The summed E-state index contributed by atoms with van der Waals surface area (Å²) in [5, 5.41) is 0.108. The maximum atomic E-state index is 10.2. The van der Waals surface area contributed by atoms with Gasteiger partial charge in [0, 0.05) is 0 Å². The number of aromatic nitrogens is 2. The number of rotatable bonds is 1. The Morgan fingerprint density at radius 3 is 2.80 bits per heavy atom. The molecule has 0 bridgehead atoms. The van der Waals surface area contributed by atoms with Crippen molar-refractivity contribution in [3.05, 3.63) is 17.2 Å². The molecule has 0 fully saturated rings. The molecule has 0 unspecified atom stereocenters. The topological polar surface area (TPSA) is 68.9 Å². The van der Waals surface area contributed by atoms with E-state index < -0.39 is 0 Å². The molecule has 5 heteroatoms. The quantitative estimate of drug-likeness (QED) is 0.477. The zero-order valence-electron chi connectivity index (χ0n) is 4.91. The number of nitrogen functional groups attached to an aromatic ring is 1. The van der Waals surface area contributed by atoms with E-state index in [-0.39, 0.29) is 16.5 Å². The molecule has 2 N–H and O–H groups in total. The number of halogens is 1. The molecule has 4 nitrogen and oxygen atoms in total. The molecule has 0 aliphatic heterocycles. The highest BCUT2D eigenvalue weighted by atomic mass is 35.5. The number of aldehydes is 1. The molecular formula is C5H4ClN3O. The summed E-state index contributed by atoms with van der Waals surface area (Å²) in [4.78, 5) is 17.3. The predicted octanol–water partition coefficient (Wildman–Crippen LogP) is 0.525. The van der Waals surface area contributed by atoms with Gasteiger partial charge in [-0.25, -0.2) is 9.97 Å². The fourth-order valence-corrected chi connectivity index (χ4v) is 0.621. The minimum absolute atomic E-state index is 0.108. The van der Waals surface area contributed by atoms with E-state index in [0.29, 0.717) is 6.29 Å². The number of hydrogen-bond acceptors (Lipinski definition) is 4. The van der Waals surface area contributed by atoms with E-state index in [0.717, 1.165) is 0 Å². The zero-order valence-corrected chi connectivity index (χ0v) is 5.67. The fourth-order valence-electron chi connectivity index (χ4n) is 0.480. The number of anilines is 1. The molecule has 0 saturated heterocycles. The van der Waals surface area contributed by atoms with Gasteiger partial charge in [-0.1, -0.05) is 11.6 Å². The van der Waals surface area contributed by atoms with E-state index in [1.54, 1.807) is 0 Å². The molecule has 0 atom stereocenters. The van der Waals surface area contributed by atoms with Gasteiger partial charge in [0.05, 0.1) is 5.69 Å². The Labute approximate surface area is 62.0 Å². The maximum absolute atomic E-state index is 10.2. The number of nitrogens with zero attached hydrogens (tertiary/aromatic N) is 2. The average molecular weight is 158 g/mol. The Morgan fingerprint density at radius 2 is 2.30 bits per heavy atom. The predicted molar refractivity (Wildman–Crippen MR) is 36.8 cm³/mol. The molecular weight excluding hydrogens is 154 g/mol. The SMILES string of the molecule is Nc1c(Cl)ncnc1C=O. The molecule has 0 aromatic carbocycles. The van der Waals surface area contributed by atoms with Crippen LogP contribution in [0.5, 0.6) is 0 Å². The summed E-state index contributed by atoms with van der Waals surface area (Å²) < 4.78 is 0. The van der Waals surface area contributed by atoms with Gasteiger partial charge in [0.1, 0.15) is 12.0 Å². The standard InChI is InChI=1S/C5H4ClN3O/c6-5-4(7)3(1-10)8-2-9-5/h1-2H,7H2. The van der Waals surface area contributed by atoms with Crippen molar-refractivity contribution < 1.29 is 4.79 Å². The largest absolute Gasteiger partial charge is 0.394 e. The van der Waals surface area contributed by atoms with Gasteiger partial charge in [-0.05, 0) is 0 Å². The highest BCUT2D eigenvalue weighted by molar-refractivity contribution is 6.32. The molecule has 1 heterocycles. The molecule has 10 heavy (non-hydrogen) atoms. The van der Waals surface area contributed by atoms with Gasteiger partial charge < -0.3 is 5.73 Å². The van der Waals surface area contributed by atoms with Crippen LogP contribution in [0.1, 0.15) is 10.5 Å². The fraction of sp³-hybridized carbons (Fsp3) is 0. The van der Waals surface area contributed by atoms with Crippen LogP contribution in [0, 0.1) is 0 Å². The van der Waals surface area contributed by atoms with Crippen LogP contribution in [0.15, 0.2) is 6.33 Å². The second kappa shape index (κ2) is 2.62. The minimum Gasteiger partial charge on any atom is -0.394 e. The Hall–Kier alpha value is -1.16. The second-order valence-electron chi connectivity index (χ2n) is 1.58. The van der Waals surface area contributed by atoms with Gasteiger partial charge in [-0.3, -0.25) is 4.79 Å². The van der Waals surface area contributed by atoms with Crippen LogP contribution < -0.4 is 5.73 Å². The third-order valence-electron chi connectivity index (χ3n) is 0.978. The van der Waals surface area contributed by atoms with Crippen LogP contribution in [-0.2, 0) is 0 Å². The van der Waals surface area contributed by atoms with E-state index in [2.05, 4.69) is 9.97 Å². The van der Waals surface area contributed by atoms with E-state index in [1.807, 2.05) is 0 Å². The first-order valence-electron chi connectivity index (χ1n) is 2.47. The first-order chi connectivity index (χ1) is 4.75. The van der Waals surface area contributed by atoms with Crippen molar-refractivity contribution in [2.45, 2.75) is 0 Å². The van der Waals surface area contributed by atoms with Gasteiger partial charge in [0.2, 0.25) is 0 Å². The lowest BCUT2D eigenvalue weighted by atomic mass is 10.4. The van der Waals surface area contributed by atoms with E-state index in [1.165, 1.54) is 6.33 Å². The van der Waals surface area contributed by atoms with Crippen LogP contribution in [0.2, 0.25) is 5.15 Å². The lowest BCUT2D eigenvalue weighted by Crippen LogP contribution is -1.98. The summed E-state index contributed by atoms with van der Waals surface area (Å²) in [6, 6.07) is 0. The normalized spacial score (nSPS) is 9.30. The molecule has 52 valence electrons. The van der Waals surface area contributed by atoms with Crippen LogP contribution in [0.25, 0.3) is 0 Å². The summed E-state index contributed by atoms with van der Waals surface area (Å²) >= 11 is 5.46. The van der Waals surface area contributed by atoms with Crippen LogP contribution in [0.4, 0.5) is 5.69 Å². The summed E-state index contributed by atoms with van der Waals surface area (Å²) in [6.45, 7) is 0. The zero-order chi connectivity index (χ0) is 7.56. The summed E-state index contributed by atoms with van der Waals surface area (Å²) in [5.74, 6) is 0. The van der Waals surface area contributed by atoms with Gasteiger partial charge in [-0.15, -0.1) is 0 Å². The van der Waals surface area contributed by atoms with Crippen molar-refractivity contribution in [2.75, 3.05) is 5.73 Å². The van der Waals surface area contributed by atoms with Crippen LogP contribution >= 0.6 is 11.6 Å². The number of carbonyl (C=O) groups excluding carboxylic acids is 1. The van der Waals surface area contributed by atoms with Crippen molar-refractivity contribution in [3.63, 3.8) is 0 Å². The summed E-state index contributed by atoms with van der Waals surface area (Å²) in [6.07, 6.45) is 1.71. The molecule has 0 aliphatic carbocycles. The first kappa shape index (κ1) is 6.95. The Morgan fingerprint density at radius 1 is 1.60 bits per heavy atom. The van der Waals surface area contributed by atoms with Crippen molar-refractivity contribution in [1.29, 1.82) is 0 Å². The smallest absolute Gasteiger partial charge is 0.170 e. The van der Waals surface area contributed by atoms with Crippen LogP contribution in [0.3, 0.4) is 0 Å². The lowest BCUT2D eigenvalue weighted by molar-refractivity contribution is 0.112. The Kier molecular flexibility index (Phi) is 1.82. The molecule has 0 spiro atoms. The summed E-state index contributed by atoms with van der Waals surface area (Å²) in [5.41, 5.74) is 5.55. The Balaban J connectivity index is 3.27. The number of hydrogen-bond donors (Lipinski definition) is 1. The third kappa shape index (κ3) is 1.06. The molecule has 0 radical (unpaired) electrons. The molecule has 0 aliphatic rings. The molecule has 0 saturated carbocycles.